The Hall–Kier alpha value is -3.46. The lowest BCUT2D eigenvalue weighted by Crippen LogP contribution is -2.39. The van der Waals surface area contributed by atoms with Crippen molar-refractivity contribution in [2.75, 3.05) is 23.9 Å². The second kappa shape index (κ2) is 11.7. The molecule has 3 aromatic rings. The summed E-state index contributed by atoms with van der Waals surface area (Å²) in [6.45, 7) is 0.443. The largest absolute Gasteiger partial charge is 0.465 e. The molecule has 0 unspecified atom stereocenters. The molecule has 1 fully saturated rings. The highest BCUT2D eigenvalue weighted by Gasteiger charge is 2.44. The molecule has 0 aliphatic carbocycles. The van der Waals surface area contributed by atoms with Crippen LogP contribution in [0.25, 0.3) is 0 Å². The van der Waals surface area contributed by atoms with E-state index in [-0.39, 0.29) is 18.2 Å². The van der Waals surface area contributed by atoms with Crippen LogP contribution >= 0.6 is 35.4 Å². The summed E-state index contributed by atoms with van der Waals surface area (Å²) in [5.41, 5.74) is 2.42. The molecule has 0 saturated carbocycles. The summed E-state index contributed by atoms with van der Waals surface area (Å²) in [6.07, 6.45) is 0.515. The van der Waals surface area contributed by atoms with Crippen LogP contribution in [0.5, 0.6) is 0 Å². The van der Waals surface area contributed by atoms with Gasteiger partial charge in [-0.15, -0.1) is 0 Å². The minimum Gasteiger partial charge on any atom is -0.465 e. The van der Waals surface area contributed by atoms with Crippen molar-refractivity contribution in [3.8, 4) is 0 Å². The predicted octanol–water partition coefficient (Wildman–Crippen LogP) is 5.35. The molecular formula is C27H23Cl2N3O4S. The molecule has 2 amide bonds. The Kier molecular flexibility index (Phi) is 8.43. The van der Waals surface area contributed by atoms with Gasteiger partial charge in [0.15, 0.2) is 5.11 Å². The molecule has 37 heavy (non-hydrogen) atoms. The number of nitrogens with zero attached hydrogens (tertiary/aromatic N) is 2. The Balaban J connectivity index is 1.54. The maximum absolute atomic E-state index is 13.6. The minimum absolute atomic E-state index is 0.121. The zero-order valence-electron chi connectivity index (χ0n) is 19.8. The molecule has 190 valence electrons. The molecule has 1 aliphatic rings. The van der Waals surface area contributed by atoms with E-state index in [0.29, 0.717) is 45.1 Å². The average Bonchev–Trinajstić information content (AvgIpc) is 3.13. The number of ether oxygens (including phenoxy) is 1. The van der Waals surface area contributed by atoms with Crippen LogP contribution in [-0.4, -0.2) is 47.5 Å². The van der Waals surface area contributed by atoms with E-state index in [2.05, 4.69) is 5.32 Å². The Morgan fingerprint density at radius 3 is 2.35 bits per heavy atom. The first-order valence-electron chi connectivity index (χ1n) is 11.4. The lowest BCUT2D eigenvalue weighted by atomic mass is 10.1. The molecule has 4 rings (SSSR count). The second-order valence-corrected chi connectivity index (χ2v) is 9.50. The minimum atomic E-state index is -0.806. The number of halogens is 2. The van der Waals surface area contributed by atoms with Gasteiger partial charge in [-0.3, -0.25) is 14.5 Å². The van der Waals surface area contributed by atoms with Crippen LogP contribution < -0.4 is 10.2 Å². The quantitative estimate of drug-likeness (QED) is 0.298. The SMILES string of the molecule is COC(=O)c1ccc(NC(=O)C[C@H]2C(=O)N(c3ccc(Cl)c(Cl)c3)C(=S)N2CCc2ccccc2)cc1. The molecular weight excluding hydrogens is 533 g/mol. The van der Waals surface area contributed by atoms with Gasteiger partial charge in [-0.1, -0.05) is 53.5 Å². The summed E-state index contributed by atoms with van der Waals surface area (Å²) < 4.78 is 4.69. The summed E-state index contributed by atoms with van der Waals surface area (Å²) in [7, 11) is 1.30. The Bertz CT molecular complexity index is 1340. The number of anilines is 2. The number of hydrogen-bond donors (Lipinski definition) is 1. The number of rotatable bonds is 8. The van der Waals surface area contributed by atoms with Crippen LogP contribution in [0.1, 0.15) is 22.3 Å². The van der Waals surface area contributed by atoms with Gasteiger partial charge in [0.25, 0.3) is 5.91 Å². The Morgan fingerprint density at radius 2 is 1.70 bits per heavy atom. The molecule has 0 radical (unpaired) electrons. The molecule has 1 atom stereocenters. The van der Waals surface area contributed by atoms with E-state index < -0.39 is 12.0 Å². The van der Waals surface area contributed by atoms with Crippen molar-refractivity contribution in [1.29, 1.82) is 0 Å². The van der Waals surface area contributed by atoms with Crippen LogP contribution in [0.15, 0.2) is 72.8 Å². The van der Waals surface area contributed by atoms with Crippen molar-refractivity contribution in [1.82, 2.24) is 4.90 Å². The van der Waals surface area contributed by atoms with E-state index in [1.54, 1.807) is 47.4 Å². The van der Waals surface area contributed by atoms with Gasteiger partial charge in [0.05, 0.1) is 34.8 Å². The normalized spacial score (nSPS) is 15.2. The molecule has 0 bridgehead atoms. The number of esters is 1. The van der Waals surface area contributed by atoms with Crippen molar-refractivity contribution in [3.05, 3.63) is 94.0 Å². The average molecular weight is 556 g/mol. The first kappa shape index (κ1) is 26.6. The topological polar surface area (TPSA) is 78.9 Å². The van der Waals surface area contributed by atoms with Gasteiger partial charge in [-0.05, 0) is 66.7 Å². The van der Waals surface area contributed by atoms with Crippen LogP contribution in [0.4, 0.5) is 11.4 Å². The van der Waals surface area contributed by atoms with E-state index in [1.165, 1.54) is 12.0 Å². The first-order valence-corrected chi connectivity index (χ1v) is 12.6. The molecule has 7 nitrogen and oxygen atoms in total. The monoisotopic (exact) mass is 555 g/mol. The molecule has 3 aromatic carbocycles. The number of carbonyl (C=O) groups is 3. The molecule has 10 heteroatoms. The van der Waals surface area contributed by atoms with Crippen molar-refractivity contribution in [2.45, 2.75) is 18.9 Å². The third kappa shape index (κ3) is 6.10. The van der Waals surface area contributed by atoms with Crippen molar-refractivity contribution < 1.29 is 19.1 Å². The number of thiocarbonyl (C=S) groups is 1. The lowest BCUT2D eigenvalue weighted by Gasteiger charge is -2.24. The molecule has 0 aromatic heterocycles. The van der Waals surface area contributed by atoms with E-state index in [0.717, 1.165) is 5.56 Å². The number of amides is 2. The number of methoxy groups -OCH3 is 1. The van der Waals surface area contributed by atoms with Gasteiger partial charge in [0.1, 0.15) is 6.04 Å². The van der Waals surface area contributed by atoms with Crippen LogP contribution in [0.2, 0.25) is 10.0 Å². The first-order chi connectivity index (χ1) is 17.8. The second-order valence-electron chi connectivity index (χ2n) is 8.32. The Morgan fingerprint density at radius 1 is 1.00 bits per heavy atom. The smallest absolute Gasteiger partial charge is 0.337 e. The number of nitrogens with one attached hydrogen (secondary N) is 1. The summed E-state index contributed by atoms with van der Waals surface area (Å²) in [5, 5.41) is 3.73. The number of hydrogen-bond acceptors (Lipinski definition) is 5. The molecule has 1 saturated heterocycles. The third-order valence-corrected chi connectivity index (χ3v) is 7.09. The maximum atomic E-state index is 13.6. The number of carbonyl (C=O) groups excluding carboxylic acids is 3. The predicted molar refractivity (Wildman–Crippen MR) is 148 cm³/mol. The summed E-state index contributed by atoms with van der Waals surface area (Å²) in [5.74, 6) is -1.17. The lowest BCUT2D eigenvalue weighted by molar-refractivity contribution is -0.124. The highest BCUT2D eigenvalue weighted by Crippen LogP contribution is 2.32. The van der Waals surface area contributed by atoms with Crippen molar-refractivity contribution >= 4 is 69.7 Å². The fourth-order valence-electron chi connectivity index (χ4n) is 4.04. The standard InChI is InChI=1S/C27H23Cl2N3O4S/c1-36-26(35)18-7-9-19(10-8-18)30-24(33)16-23-25(34)32(20-11-12-21(28)22(29)15-20)27(37)31(23)14-13-17-5-3-2-4-6-17/h2-12,15,23H,13-14,16H2,1H3,(H,30,33)/t23-/m0/s1. The van der Waals surface area contributed by atoms with Crippen LogP contribution in [0, 0.1) is 0 Å². The fourth-order valence-corrected chi connectivity index (χ4v) is 4.74. The zero-order chi connectivity index (χ0) is 26.5. The van der Waals surface area contributed by atoms with Crippen molar-refractivity contribution in [3.63, 3.8) is 0 Å². The van der Waals surface area contributed by atoms with Gasteiger partial charge in [0.2, 0.25) is 5.91 Å². The maximum Gasteiger partial charge on any atom is 0.337 e. The Labute approximate surface area is 229 Å². The van der Waals surface area contributed by atoms with E-state index in [1.807, 2.05) is 30.3 Å². The summed E-state index contributed by atoms with van der Waals surface area (Å²) in [4.78, 5) is 41.4. The van der Waals surface area contributed by atoms with E-state index >= 15 is 0 Å². The van der Waals surface area contributed by atoms with Crippen LogP contribution in [-0.2, 0) is 20.7 Å². The fraction of sp³-hybridized carbons (Fsp3) is 0.185. The van der Waals surface area contributed by atoms with Gasteiger partial charge >= 0.3 is 5.97 Å². The van der Waals surface area contributed by atoms with Crippen molar-refractivity contribution in [2.24, 2.45) is 0 Å². The van der Waals surface area contributed by atoms with E-state index in [9.17, 15) is 14.4 Å². The molecule has 0 spiro atoms. The number of benzene rings is 3. The van der Waals surface area contributed by atoms with Crippen LogP contribution in [0.3, 0.4) is 0 Å². The zero-order valence-corrected chi connectivity index (χ0v) is 22.1. The summed E-state index contributed by atoms with van der Waals surface area (Å²) >= 11 is 18.0. The van der Waals surface area contributed by atoms with Gasteiger partial charge in [-0.25, -0.2) is 4.79 Å². The highest BCUT2D eigenvalue weighted by molar-refractivity contribution is 7.80. The molecule has 1 aliphatic heterocycles. The van der Waals surface area contributed by atoms with Gasteiger partial charge in [0, 0.05) is 12.2 Å². The van der Waals surface area contributed by atoms with Gasteiger partial charge < -0.3 is 15.0 Å². The van der Waals surface area contributed by atoms with Gasteiger partial charge in [-0.2, -0.15) is 0 Å². The molecule has 1 N–H and O–H groups in total. The third-order valence-electron chi connectivity index (χ3n) is 5.93. The van der Waals surface area contributed by atoms with E-state index in [4.69, 9.17) is 40.2 Å². The summed E-state index contributed by atoms with van der Waals surface area (Å²) in [6, 6.07) is 20.2. The molecule has 1 heterocycles. The highest BCUT2D eigenvalue weighted by atomic mass is 35.5.